The number of nitrogens with zero attached hydrogens (tertiary/aromatic N) is 1. The molecule has 1 aliphatic rings. The number of carbonyl (C=O) groups is 2. The second-order valence-corrected chi connectivity index (χ2v) is 8.52. The number of hydrogen-bond donors (Lipinski definition) is 1. The highest BCUT2D eigenvalue weighted by atomic mass is 79.9. The van der Waals surface area contributed by atoms with Crippen LogP contribution in [0.15, 0.2) is 85.3 Å². The fourth-order valence-corrected chi connectivity index (χ4v) is 4.35. The largest absolute Gasteiger partial charge is 0.503 e. The highest BCUT2D eigenvalue weighted by molar-refractivity contribution is 9.10. The normalized spacial score (nSPS) is 16.2. The van der Waals surface area contributed by atoms with Crippen LogP contribution in [0.2, 0.25) is 0 Å². The summed E-state index contributed by atoms with van der Waals surface area (Å²) in [5.41, 5.74) is 0.884. The summed E-state index contributed by atoms with van der Waals surface area (Å²) in [6.07, 6.45) is 0. The van der Waals surface area contributed by atoms with Crippen LogP contribution in [0.5, 0.6) is 5.75 Å². The van der Waals surface area contributed by atoms with Crippen LogP contribution in [0.1, 0.15) is 28.1 Å². The van der Waals surface area contributed by atoms with E-state index in [1.807, 2.05) is 6.07 Å². The summed E-state index contributed by atoms with van der Waals surface area (Å²) in [7, 11) is 1.54. The van der Waals surface area contributed by atoms with Crippen molar-refractivity contribution in [2.75, 3.05) is 12.0 Å². The Balaban J connectivity index is 1.63. The topological polar surface area (TPSA) is 93.1 Å². The number of fused-ring (bicyclic) bond motifs is 1. The van der Waals surface area contributed by atoms with Gasteiger partial charge in [-0.25, -0.2) is 0 Å². The van der Waals surface area contributed by atoms with Crippen LogP contribution in [0.4, 0.5) is 5.69 Å². The zero-order valence-corrected chi connectivity index (χ0v) is 19.3. The lowest BCUT2D eigenvalue weighted by Gasteiger charge is -2.25. The Morgan fingerprint density at radius 1 is 1.06 bits per heavy atom. The molecule has 0 bridgehead atoms. The van der Waals surface area contributed by atoms with Gasteiger partial charge in [-0.2, -0.15) is 0 Å². The molecule has 1 aliphatic heterocycles. The lowest BCUT2D eigenvalue weighted by molar-refractivity contribution is -0.117. The van der Waals surface area contributed by atoms with Gasteiger partial charge in [0.05, 0.1) is 12.7 Å². The van der Waals surface area contributed by atoms with Crippen molar-refractivity contribution in [3.05, 3.63) is 93.7 Å². The molecule has 2 aromatic carbocycles. The van der Waals surface area contributed by atoms with Crippen molar-refractivity contribution in [2.45, 2.75) is 13.0 Å². The van der Waals surface area contributed by atoms with Crippen molar-refractivity contribution in [2.24, 2.45) is 0 Å². The molecular weight excluding hydrogens is 490 g/mol. The van der Waals surface area contributed by atoms with Gasteiger partial charge < -0.3 is 18.7 Å². The van der Waals surface area contributed by atoms with Crippen LogP contribution in [0, 0.1) is 6.92 Å². The number of aryl methyl sites for hydroxylation is 1. The molecule has 0 radical (unpaired) electrons. The number of anilines is 1. The average molecular weight is 508 g/mol. The number of benzene rings is 2. The fraction of sp³-hybridized carbons (Fsp3) is 0.120. The molecule has 1 N–H and O–H groups in total. The van der Waals surface area contributed by atoms with Gasteiger partial charge in [0.1, 0.15) is 28.9 Å². The van der Waals surface area contributed by atoms with Gasteiger partial charge >= 0.3 is 0 Å². The SMILES string of the molecule is COc1ccc(N2C(=O)C(O)=C(C(=O)c3cc4cc(Br)ccc4o3)C2c2ccc(C)o2)cc1. The zero-order valence-electron chi connectivity index (χ0n) is 17.7. The Morgan fingerprint density at radius 3 is 2.48 bits per heavy atom. The van der Waals surface area contributed by atoms with Crippen molar-refractivity contribution in [3.63, 3.8) is 0 Å². The van der Waals surface area contributed by atoms with Gasteiger partial charge in [0.15, 0.2) is 11.5 Å². The molecule has 1 unspecified atom stereocenters. The number of ketones is 1. The number of carbonyl (C=O) groups excluding carboxylic acids is 2. The smallest absolute Gasteiger partial charge is 0.294 e. The van der Waals surface area contributed by atoms with E-state index >= 15 is 0 Å². The average Bonchev–Trinajstić information content (AvgIpc) is 3.49. The van der Waals surface area contributed by atoms with Gasteiger partial charge in [-0.15, -0.1) is 0 Å². The number of amides is 1. The Morgan fingerprint density at radius 2 is 1.82 bits per heavy atom. The lowest BCUT2D eigenvalue weighted by atomic mass is 9.99. The summed E-state index contributed by atoms with van der Waals surface area (Å²) in [5, 5.41) is 11.5. The minimum atomic E-state index is -0.966. The molecule has 8 heteroatoms. The minimum absolute atomic E-state index is 0.0160. The quantitative estimate of drug-likeness (QED) is 0.338. The van der Waals surface area contributed by atoms with Gasteiger partial charge in [0, 0.05) is 15.5 Å². The Labute approximate surface area is 197 Å². The van der Waals surface area contributed by atoms with E-state index in [4.69, 9.17) is 13.6 Å². The Kier molecular flexibility index (Phi) is 5.09. The van der Waals surface area contributed by atoms with Gasteiger partial charge in [-0.1, -0.05) is 15.9 Å². The van der Waals surface area contributed by atoms with E-state index in [0.29, 0.717) is 28.5 Å². The number of methoxy groups -OCH3 is 1. The second-order valence-electron chi connectivity index (χ2n) is 7.61. The maximum absolute atomic E-state index is 13.6. The minimum Gasteiger partial charge on any atom is -0.503 e. The van der Waals surface area contributed by atoms with Gasteiger partial charge in [-0.05, 0) is 67.6 Å². The van der Waals surface area contributed by atoms with E-state index < -0.39 is 23.5 Å². The molecule has 1 atom stereocenters. The van der Waals surface area contributed by atoms with E-state index in [2.05, 4.69) is 15.9 Å². The first-order valence-corrected chi connectivity index (χ1v) is 10.9. The number of rotatable bonds is 5. The maximum Gasteiger partial charge on any atom is 0.294 e. The fourth-order valence-electron chi connectivity index (χ4n) is 3.97. The van der Waals surface area contributed by atoms with E-state index in [-0.39, 0.29) is 11.3 Å². The number of ether oxygens (including phenoxy) is 1. The molecule has 3 heterocycles. The molecule has 33 heavy (non-hydrogen) atoms. The van der Waals surface area contributed by atoms with Crippen LogP contribution >= 0.6 is 15.9 Å². The Bertz CT molecular complexity index is 1430. The Hall–Kier alpha value is -3.78. The standard InChI is InChI=1S/C25H18BrNO6/c1-13-3-9-19(32-13)22-21(23(28)20-12-14-11-15(26)4-10-18(14)33-20)24(29)25(30)27(22)16-5-7-17(31-2)8-6-16/h3-12,22,29H,1-2H3. The van der Waals surface area contributed by atoms with Crippen LogP contribution in [0.3, 0.4) is 0 Å². The molecule has 0 saturated carbocycles. The zero-order chi connectivity index (χ0) is 23.3. The molecule has 5 rings (SSSR count). The van der Waals surface area contributed by atoms with E-state index in [0.717, 1.165) is 9.86 Å². The number of aliphatic hydroxyl groups is 1. The van der Waals surface area contributed by atoms with E-state index in [1.54, 1.807) is 68.6 Å². The molecule has 0 saturated heterocycles. The van der Waals surface area contributed by atoms with Crippen LogP contribution < -0.4 is 9.64 Å². The summed E-state index contributed by atoms with van der Waals surface area (Å²) in [6, 6.07) is 16.2. The molecule has 166 valence electrons. The predicted octanol–water partition coefficient (Wildman–Crippen LogP) is 5.89. The summed E-state index contributed by atoms with van der Waals surface area (Å²) < 4.78 is 17.6. The van der Waals surface area contributed by atoms with Crippen molar-refractivity contribution in [1.29, 1.82) is 0 Å². The first-order chi connectivity index (χ1) is 15.9. The third kappa shape index (κ3) is 3.52. The van der Waals surface area contributed by atoms with Crippen LogP contribution in [-0.4, -0.2) is 23.9 Å². The third-order valence-corrected chi connectivity index (χ3v) is 6.03. The first-order valence-electron chi connectivity index (χ1n) is 10.1. The van der Waals surface area contributed by atoms with Crippen molar-refractivity contribution in [1.82, 2.24) is 0 Å². The summed E-state index contributed by atoms with van der Waals surface area (Å²) in [6.45, 7) is 1.76. The molecule has 2 aromatic heterocycles. The number of furan rings is 2. The first kappa shape index (κ1) is 21.1. The lowest BCUT2D eigenvalue weighted by Crippen LogP contribution is -2.30. The maximum atomic E-state index is 13.6. The molecular formula is C25H18BrNO6. The molecule has 0 aliphatic carbocycles. The summed E-state index contributed by atoms with van der Waals surface area (Å²) >= 11 is 3.40. The van der Waals surface area contributed by atoms with Crippen molar-refractivity contribution >= 4 is 44.3 Å². The summed E-state index contributed by atoms with van der Waals surface area (Å²) in [4.78, 5) is 28.1. The predicted molar refractivity (Wildman–Crippen MR) is 125 cm³/mol. The van der Waals surface area contributed by atoms with E-state index in [9.17, 15) is 14.7 Å². The van der Waals surface area contributed by atoms with Crippen LogP contribution in [-0.2, 0) is 4.79 Å². The molecule has 4 aromatic rings. The highest BCUT2D eigenvalue weighted by Crippen LogP contribution is 2.43. The van der Waals surface area contributed by atoms with Gasteiger partial charge in [-0.3, -0.25) is 14.5 Å². The highest BCUT2D eigenvalue weighted by Gasteiger charge is 2.46. The van der Waals surface area contributed by atoms with Gasteiger partial charge in [0.25, 0.3) is 5.91 Å². The number of halogens is 1. The third-order valence-electron chi connectivity index (χ3n) is 5.54. The number of hydrogen-bond acceptors (Lipinski definition) is 6. The van der Waals surface area contributed by atoms with Crippen LogP contribution in [0.25, 0.3) is 11.0 Å². The molecule has 1 amide bonds. The van der Waals surface area contributed by atoms with Gasteiger partial charge in [0.2, 0.25) is 5.78 Å². The van der Waals surface area contributed by atoms with E-state index in [1.165, 1.54) is 4.90 Å². The molecule has 0 spiro atoms. The molecule has 7 nitrogen and oxygen atoms in total. The second kappa shape index (κ2) is 7.97. The van der Waals surface area contributed by atoms with Crippen molar-refractivity contribution < 1.29 is 28.3 Å². The summed E-state index contributed by atoms with van der Waals surface area (Å²) in [5.74, 6) is -0.358. The molecule has 0 fully saturated rings. The monoisotopic (exact) mass is 507 g/mol. The van der Waals surface area contributed by atoms with Crippen molar-refractivity contribution in [3.8, 4) is 5.75 Å². The number of aliphatic hydroxyl groups excluding tert-OH is 1. The number of Topliss-reactive ketones (excluding diaryl/α,β-unsaturated/α-hetero) is 1.